The van der Waals surface area contributed by atoms with Gasteiger partial charge in [0.25, 0.3) is 0 Å². The van der Waals surface area contributed by atoms with Crippen LogP contribution in [0.1, 0.15) is 6.92 Å². The van der Waals surface area contributed by atoms with Crippen LogP contribution in [0.2, 0.25) is 10.0 Å². The molecule has 1 saturated heterocycles. The van der Waals surface area contributed by atoms with Gasteiger partial charge in [-0.05, 0) is 19.1 Å². The maximum Gasteiger partial charge on any atom is 0.126 e. The molecule has 1 aromatic carbocycles. The molecule has 1 N–H and O–H groups in total. The Morgan fingerprint density at radius 3 is 2.56 bits per heavy atom. The van der Waals surface area contributed by atoms with E-state index < -0.39 is 5.82 Å². The summed E-state index contributed by atoms with van der Waals surface area (Å²) in [7, 11) is 0. The van der Waals surface area contributed by atoms with Gasteiger partial charge in [0.05, 0.1) is 15.7 Å². The third-order valence-corrected chi connectivity index (χ3v) is 3.35. The molecule has 2 nitrogen and oxygen atoms in total. The first-order valence-corrected chi connectivity index (χ1v) is 5.97. The summed E-state index contributed by atoms with van der Waals surface area (Å²) in [5.41, 5.74) is 0.735. The van der Waals surface area contributed by atoms with Crippen molar-refractivity contribution in [2.45, 2.75) is 13.0 Å². The highest BCUT2D eigenvalue weighted by Gasteiger charge is 2.23. The van der Waals surface area contributed by atoms with Crippen LogP contribution in [0.4, 0.5) is 10.1 Å². The van der Waals surface area contributed by atoms with E-state index in [4.69, 9.17) is 23.2 Å². The molecule has 0 saturated carbocycles. The number of anilines is 1. The van der Waals surface area contributed by atoms with Gasteiger partial charge in [-0.1, -0.05) is 23.2 Å². The molecule has 88 valence electrons. The van der Waals surface area contributed by atoms with Crippen molar-refractivity contribution in [1.82, 2.24) is 5.32 Å². The van der Waals surface area contributed by atoms with Crippen molar-refractivity contribution < 1.29 is 4.39 Å². The van der Waals surface area contributed by atoms with Gasteiger partial charge in [0.2, 0.25) is 0 Å². The van der Waals surface area contributed by atoms with Crippen LogP contribution in [0.25, 0.3) is 0 Å². The van der Waals surface area contributed by atoms with E-state index in [0.717, 1.165) is 25.3 Å². The number of hydrogen-bond acceptors (Lipinski definition) is 2. The van der Waals surface area contributed by atoms with E-state index in [1.165, 1.54) is 12.1 Å². The van der Waals surface area contributed by atoms with Crippen molar-refractivity contribution >= 4 is 28.9 Å². The van der Waals surface area contributed by atoms with Gasteiger partial charge < -0.3 is 10.2 Å². The molecule has 0 aromatic heterocycles. The maximum absolute atomic E-state index is 13.1. The fraction of sp³-hybridized carbons (Fsp3) is 0.455. The number of piperazine rings is 1. The molecular weight excluding hydrogens is 250 g/mol. The Morgan fingerprint density at radius 2 is 2.00 bits per heavy atom. The minimum Gasteiger partial charge on any atom is -0.364 e. The van der Waals surface area contributed by atoms with Gasteiger partial charge in [-0.2, -0.15) is 0 Å². The molecule has 0 aliphatic carbocycles. The van der Waals surface area contributed by atoms with Gasteiger partial charge in [-0.25, -0.2) is 4.39 Å². The number of benzene rings is 1. The highest BCUT2D eigenvalue weighted by molar-refractivity contribution is 6.39. The summed E-state index contributed by atoms with van der Waals surface area (Å²) in [6, 6.07) is 2.91. The van der Waals surface area contributed by atoms with Crippen LogP contribution >= 0.6 is 23.2 Å². The first-order chi connectivity index (χ1) is 7.59. The van der Waals surface area contributed by atoms with E-state index in [1.54, 1.807) is 0 Å². The van der Waals surface area contributed by atoms with Gasteiger partial charge in [0.15, 0.2) is 0 Å². The zero-order valence-electron chi connectivity index (χ0n) is 8.93. The second kappa shape index (κ2) is 4.78. The standard InChI is InChI=1S/C11H13Cl2FN2/c1-7-6-15-2-3-16(7)11-9(12)4-8(14)5-10(11)13/h4-5,7,15H,2-3,6H2,1H3. The molecular formula is C11H13Cl2FN2. The quantitative estimate of drug-likeness (QED) is 0.838. The van der Waals surface area contributed by atoms with Gasteiger partial charge in [-0.15, -0.1) is 0 Å². The normalized spacial score (nSPS) is 21.2. The summed E-state index contributed by atoms with van der Waals surface area (Å²) >= 11 is 12.1. The van der Waals surface area contributed by atoms with Crippen molar-refractivity contribution in [3.8, 4) is 0 Å². The lowest BCUT2D eigenvalue weighted by Gasteiger charge is -2.36. The maximum atomic E-state index is 13.1. The Labute approximate surface area is 104 Å². The fourth-order valence-electron chi connectivity index (χ4n) is 1.98. The molecule has 0 amide bonds. The summed E-state index contributed by atoms with van der Waals surface area (Å²) < 4.78 is 13.1. The Morgan fingerprint density at radius 1 is 1.38 bits per heavy atom. The van der Waals surface area contributed by atoms with Crippen molar-refractivity contribution in [3.63, 3.8) is 0 Å². The fourth-order valence-corrected chi connectivity index (χ4v) is 2.66. The highest BCUT2D eigenvalue weighted by Crippen LogP contribution is 2.35. The summed E-state index contributed by atoms with van der Waals surface area (Å²) in [5, 5.41) is 4.03. The minimum atomic E-state index is -0.401. The summed E-state index contributed by atoms with van der Waals surface area (Å²) in [6.07, 6.45) is 0. The topological polar surface area (TPSA) is 15.3 Å². The Hall–Kier alpha value is -0.510. The van der Waals surface area contributed by atoms with Crippen molar-refractivity contribution in [1.29, 1.82) is 0 Å². The van der Waals surface area contributed by atoms with Gasteiger partial charge in [0, 0.05) is 25.7 Å². The predicted molar refractivity (Wildman–Crippen MR) is 66.1 cm³/mol. The smallest absolute Gasteiger partial charge is 0.126 e. The second-order valence-electron chi connectivity index (χ2n) is 3.96. The Balaban J connectivity index is 2.38. The van der Waals surface area contributed by atoms with Crippen molar-refractivity contribution in [2.75, 3.05) is 24.5 Å². The van der Waals surface area contributed by atoms with Gasteiger partial charge >= 0.3 is 0 Å². The van der Waals surface area contributed by atoms with Crippen LogP contribution < -0.4 is 10.2 Å². The summed E-state index contributed by atoms with van der Waals surface area (Å²) in [4.78, 5) is 2.11. The number of halogens is 3. The molecule has 1 fully saturated rings. The van der Waals surface area contributed by atoms with Crippen molar-refractivity contribution in [2.24, 2.45) is 0 Å². The largest absolute Gasteiger partial charge is 0.364 e. The van der Waals surface area contributed by atoms with E-state index in [1.807, 2.05) is 0 Å². The lowest BCUT2D eigenvalue weighted by Crippen LogP contribution is -2.50. The molecule has 1 heterocycles. The molecule has 16 heavy (non-hydrogen) atoms. The van der Waals surface area contributed by atoms with Crippen LogP contribution in [0.15, 0.2) is 12.1 Å². The molecule has 0 spiro atoms. The molecule has 1 aromatic rings. The Bertz CT molecular complexity index is 375. The zero-order chi connectivity index (χ0) is 11.7. The zero-order valence-corrected chi connectivity index (χ0v) is 10.4. The molecule has 1 aliphatic heterocycles. The molecule has 1 aliphatic rings. The molecule has 0 radical (unpaired) electrons. The van der Waals surface area contributed by atoms with E-state index >= 15 is 0 Å². The van der Waals surface area contributed by atoms with Crippen LogP contribution in [-0.4, -0.2) is 25.7 Å². The number of hydrogen-bond donors (Lipinski definition) is 1. The molecule has 2 rings (SSSR count). The highest BCUT2D eigenvalue weighted by atomic mass is 35.5. The average Bonchev–Trinajstić information content (AvgIpc) is 2.19. The monoisotopic (exact) mass is 262 g/mol. The first-order valence-electron chi connectivity index (χ1n) is 5.21. The molecule has 1 unspecified atom stereocenters. The minimum absolute atomic E-state index is 0.300. The van der Waals surface area contributed by atoms with E-state index in [0.29, 0.717) is 16.1 Å². The number of nitrogens with zero attached hydrogens (tertiary/aromatic N) is 1. The van der Waals surface area contributed by atoms with Gasteiger partial charge in [-0.3, -0.25) is 0 Å². The van der Waals surface area contributed by atoms with Crippen LogP contribution in [-0.2, 0) is 0 Å². The second-order valence-corrected chi connectivity index (χ2v) is 4.78. The van der Waals surface area contributed by atoms with Crippen LogP contribution in [0.3, 0.4) is 0 Å². The van der Waals surface area contributed by atoms with Crippen LogP contribution in [0, 0.1) is 5.82 Å². The van der Waals surface area contributed by atoms with E-state index in [2.05, 4.69) is 17.1 Å². The van der Waals surface area contributed by atoms with Crippen molar-refractivity contribution in [3.05, 3.63) is 28.0 Å². The predicted octanol–water partition coefficient (Wildman–Crippen LogP) is 2.93. The first kappa shape index (κ1) is 12.0. The van der Waals surface area contributed by atoms with Gasteiger partial charge in [0.1, 0.15) is 5.82 Å². The Kier molecular flexibility index (Phi) is 3.57. The molecule has 1 atom stereocenters. The lowest BCUT2D eigenvalue weighted by atomic mass is 10.1. The van der Waals surface area contributed by atoms with E-state index in [9.17, 15) is 4.39 Å². The van der Waals surface area contributed by atoms with E-state index in [-0.39, 0.29) is 0 Å². The SMILES string of the molecule is CC1CNCCN1c1c(Cl)cc(F)cc1Cl. The summed E-state index contributed by atoms with van der Waals surface area (Å²) in [6.45, 7) is 4.67. The third kappa shape index (κ3) is 2.26. The summed E-state index contributed by atoms with van der Waals surface area (Å²) in [5.74, 6) is -0.401. The number of rotatable bonds is 1. The third-order valence-electron chi connectivity index (χ3n) is 2.77. The molecule has 0 bridgehead atoms. The average molecular weight is 263 g/mol. The lowest BCUT2D eigenvalue weighted by molar-refractivity contribution is 0.500. The molecule has 5 heteroatoms. The van der Waals surface area contributed by atoms with Crippen LogP contribution in [0.5, 0.6) is 0 Å². The number of nitrogens with one attached hydrogen (secondary N) is 1.